The van der Waals surface area contributed by atoms with Crippen LogP contribution in [-0.4, -0.2) is 32.5 Å². The Morgan fingerprint density at radius 2 is 2.00 bits per heavy atom. The predicted octanol–water partition coefficient (Wildman–Crippen LogP) is 3.97. The number of likely N-dealkylation sites (N-methyl/N-ethyl adjacent to an activating group) is 1. The van der Waals surface area contributed by atoms with Crippen molar-refractivity contribution < 1.29 is 17.9 Å². The van der Waals surface area contributed by atoms with Crippen LogP contribution in [0.25, 0.3) is 11.3 Å². The highest BCUT2D eigenvalue weighted by Crippen LogP contribution is 2.37. The summed E-state index contributed by atoms with van der Waals surface area (Å²) >= 11 is 1.21. The Morgan fingerprint density at radius 1 is 1.20 bits per heavy atom. The monoisotopic (exact) mass is 443 g/mol. The van der Waals surface area contributed by atoms with Gasteiger partial charge in [-0.1, -0.05) is 12.1 Å². The van der Waals surface area contributed by atoms with E-state index in [4.69, 9.17) is 4.74 Å². The molecule has 2 aromatic carbocycles. The molecule has 3 aromatic rings. The van der Waals surface area contributed by atoms with Gasteiger partial charge in [0.2, 0.25) is 0 Å². The molecule has 156 valence electrons. The number of benzene rings is 2. The van der Waals surface area contributed by atoms with Crippen molar-refractivity contribution in [2.24, 2.45) is 0 Å². The van der Waals surface area contributed by atoms with E-state index in [2.05, 4.69) is 9.71 Å². The van der Waals surface area contributed by atoms with Gasteiger partial charge in [-0.25, -0.2) is 13.4 Å². The molecule has 0 bridgehead atoms. The van der Waals surface area contributed by atoms with Crippen molar-refractivity contribution in [2.45, 2.75) is 25.7 Å². The van der Waals surface area contributed by atoms with Gasteiger partial charge in [0, 0.05) is 17.5 Å². The van der Waals surface area contributed by atoms with Crippen LogP contribution in [-0.2, 0) is 14.8 Å². The van der Waals surface area contributed by atoms with Crippen molar-refractivity contribution in [2.75, 3.05) is 22.8 Å². The Balaban J connectivity index is 1.63. The number of rotatable bonds is 5. The van der Waals surface area contributed by atoms with Crippen LogP contribution in [0, 0.1) is 13.8 Å². The van der Waals surface area contributed by atoms with Gasteiger partial charge in [0.15, 0.2) is 11.7 Å². The summed E-state index contributed by atoms with van der Waals surface area (Å²) in [7, 11) is -3.74. The van der Waals surface area contributed by atoms with Crippen molar-refractivity contribution >= 4 is 38.1 Å². The number of nitrogens with zero attached hydrogens (tertiary/aromatic N) is 2. The first-order valence-electron chi connectivity index (χ1n) is 9.41. The molecule has 30 heavy (non-hydrogen) atoms. The normalized spacial score (nSPS) is 13.7. The lowest BCUT2D eigenvalue weighted by Crippen LogP contribution is -2.38. The van der Waals surface area contributed by atoms with E-state index in [-0.39, 0.29) is 22.5 Å². The number of amides is 1. The van der Waals surface area contributed by atoms with Crippen LogP contribution >= 0.6 is 11.3 Å². The highest BCUT2D eigenvalue weighted by atomic mass is 32.2. The number of hydrogen-bond donors (Lipinski definition) is 1. The second kappa shape index (κ2) is 7.73. The Bertz CT molecular complexity index is 1230. The second-order valence-corrected chi connectivity index (χ2v) is 9.53. The molecule has 7 nitrogen and oxygen atoms in total. The van der Waals surface area contributed by atoms with E-state index < -0.39 is 10.0 Å². The van der Waals surface area contributed by atoms with Gasteiger partial charge in [0.1, 0.15) is 5.75 Å². The summed E-state index contributed by atoms with van der Waals surface area (Å²) in [6, 6.07) is 10.8. The zero-order valence-corrected chi connectivity index (χ0v) is 18.4. The number of sulfonamides is 1. The first-order valence-corrected chi connectivity index (χ1v) is 11.8. The van der Waals surface area contributed by atoms with E-state index in [1.54, 1.807) is 35.4 Å². The predicted molar refractivity (Wildman–Crippen MR) is 118 cm³/mol. The molecule has 1 amide bonds. The quantitative estimate of drug-likeness (QED) is 0.645. The van der Waals surface area contributed by atoms with E-state index in [9.17, 15) is 13.2 Å². The molecule has 1 aromatic heterocycles. The molecule has 9 heteroatoms. The molecule has 1 N–H and O–H groups in total. The molecule has 0 spiro atoms. The van der Waals surface area contributed by atoms with Gasteiger partial charge in [-0.2, -0.15) is 0 Å². The molecule has 1 aliphatic rings. The lowest BCUT2D eigenvalue weighted by molar-refractivity contribution is -0.121. The third-order valence-electron chi connectivity index (χ3n) is 4.87. The van der Waals surface area contributed by atoms with E-state index in [0.717, 1.165) is 11.1 Å². The maximum atomic E-state index is 12.8. The van der Waals surface area contributed by atoms with E-state index in [1.165, 1.54) is 11.3 Å². The minimum atomic E-state index is -3.74. The third kappa shape index (κ3) is 3.78. The van der Waals surface area contributed by atoms with Crippen molar-refractivity contribution in [1.29, 1.82) is 0 Å². The number of thiazole rings is 1. The molecule has 0 fully saturated rings. The number of aromatic nitrogens is 1. The van der Waals surface area contributed by atoms with Gasteiger partial charge >= 0.3 is 0 Å². The number of ether oxygens (including phenoxy) is 1. The Morgan fingerprint density at radius 3 is 2.77 bits per heavy atom. The molecular weight excluding hydrogens is 422 g/mol. The zero-order chi connectivity index (χ0) is 21.5. The van der Waals surface area contributed by atoms with E-state index in [1.807, 2.05) is 32.0 Å². The van der Waals surface area contributed by atoms with Gasteiger partial charge in [-0.3, -0.25) is 9.52 Å². The molecule has 4 rings (SSSR count). The second-order valence-electron chi connectivity index (χ2n) is 7.02. The topological polar surface area (TPSA) is 88.6 Å². The Hall–Kier alpha value is -2.91. The average Bonchev–Trinajstić information content (AvgIpc) is 3.17. The van der Waals surface area contributed by atoms with Gasteiger partial charge < -0.3 is 9.64 Å². The summed E-state index contributed by atoms with van der Waals surface area (Å²) in [4.78, 5) is 18.4. The third-order valence-corrected chi connectivity index (χ3v) is 7.24. The number of carbonyl (C=O) groups is 1. The van der Waals surface area contributed by atoms with Gasteiger partial charge in [0.05, 0.1) is 16.3 Å². The number of fused-ring (bicyclic) bond motifs is 1. The van der Waals surface area contributed by atoms with Crippen molar-refractivity contribution in [3.05, 3.63) is 52.9 Å². The minimum Gasteiger partial charge on any atom is -0.482 e. The van der Waals surface area contributed by atoms with Crippen LogP contribution in [0.15, 0.2) is 46.7 Å². The van der Waals surface area contributed by atoms with E-state index in [0.29, 0.717) is 29.2 Å². The van der Waals surface area contributed by atoms with Crippen LogP contribution in [0.1, 0.15) is 18.1 Å². The van der Waals surface area contributed by atoms with Crippen LogP contribution in [0.4, 0.5) is 10.8 Å². The summed E-state index contributed by atoms with van der Waals surface area (Å²) in [5.41, 5.74) is 3.63. The van der Waals surface area contributed by atoms with Crippen LogP contribution in [0.3, 0.4) is 0 Å². The fourth-order valence-electron chi connectivity index (χ4n) is 3.33. The highest BCUT2D eigenvalue weighted by Gasteiger charge is 2.25. The molecule has 0 saturated carbocycles. The average molecular weight is 444 g/mol. The SMILES string of the molecule is CCN1C(=O)COc2ccc(-c3csc(NS(=O)(=O)c4cc(C)ccc4C)n3)cc21. The van der Waals surface area contributed by atoms with Gasteiger partial charge in [-0.05, 0) is 56.2 Å². The summed E-state index contributed by atoms with van der Waals surface area (Å²) in [6.07, 6.45) is 0. The minimum absolute atomic E-state index is 0.0290. The fraction of sp³-hybridized carbons (Fsp3) is 0.238. The van der Waals surface area contributed by atoms with Crippen molar-refractivity contribution in [3.63, 3.8) is 0 Å². The van der Waals surface area contributed by atoms with Gasteiger partial charge in [0.25, 0.3) is 15.9 Å². The van der Waals surface area contributed by atoms with Gasteiger partial charge in [-0.15, -0.1) is 11.3 Å². The number of nitrogens with one attached hydrogen (secondary N) is 1. The van der Waals surface area contributed by atoms with Crippen LogP contribution in [0.5, 0.6) is 5.75 Å². The lowest BCUT2D eigenvalue weighted by Gasteiger charge is -2.28. The Kier molecular flexibility index (Phi) is 5.25. The first kappa shape index (κ1) is 20.4. The summed E-state index contributed by atoms with van der Waals surface area (Å²) in [6.45, 7) is 6.09. The smallest absolute Gasteiger partial charge is 0.265 e. The molecule has 0 unspecified atom stereocenters. The highest BCUT2D eigenvalue weighted by molar-refractivity contribution is 7.93. The molecule has 2 heterocycles. The number of aryl methyl sites for hydroxylation is 2. The molecule has 0 saturated heterocycles. The summed E-state index contributed by atoms with van der Waals surface area (Å²) < 4.78 is 33.7. The van der Waals surface area contributed by atoms with E-state index >= 15 is 0 Å². The molecular formula is C21H21N3O4S2. The standard InChI is InChI=1S/C21H21N3O4S2/c1-4-24-17-10-15(7-8-18(17)28-11-20(24)25)16-12-29-21(22-16)23-30(26,27)19-9-13(2)5-6-14(19)3/h5-10,12H,4,11H2,1-3H3,(H,22,23). The van der Waals surface area contributed by atoms with Crippen molar-refractivity contribution in [3.8, 4) is 17.0 Å². The fourth-order valence-corrected chi connectivity index (χ4v) is 5.63. The molecule has 0 radical (unpaired) electrons. The number of hydrogen-bond acceptors (Lipinski definition) is 6. The largest absolute Gasteiger partial charge is 0.482 e. The summed E-state index contributed by atoms with van der Waals surface area (Å²) in [5.74, 6) is 0.550. The number of carbonyl (C=O) groups excluding carboxylic acids is 1. The molecule has 0 atom stereocenters. The van der Waals surface area contributed by atoms with Crippen LogP contribution in [0.2, 0.25) is 0 Å². The number of anilines is 2. The lowest BCUT2D eigenvalue weighted by atomic mass is 10.1. The first-order chi connectivity index (χ1) is 14.3. The van der Waals surface area contributed by atoms with Crippen molar-refractivity contribution in [1.82, 2.24) is 4.98 Å². The maximum Gasteiger partial charge on any atom is 0.265 e. The molecule has 1 aliphatic heterocycles. The Labute approximate surface area is 179 Å². The maximum absolute atomic E-state index is 12.8. The zero-order valence-electron chi connectivity index (χ0n) is 16.8. The molecule has 0 aliphatic carbocycles. The summed E-state index contributed by atoms with van der Waals surface area (Å²) in [5, 5.41) is 2.06. The van der Waals surface area contributed by atoms with Crippen LogP contribution < -0.4 is 14.4 Å².